The Morgan fingerprint density at radius 2 is 1.82 bits per heavy atom. The Hall–Kier alpha value is -4.17. The lowest BCUT2D eigenvalue weighted by atomic mass is 9.90. The minimum absolute atomic E-state index is 0.210. The van der Waals surface area contributed by atoms with E-state index in [1.165, 1.54) is 11.3 Å². The van der Waals surface area contributed by atoms with E-state index in [2.05, 4.69) is 0 Å². The maximum atomic E-state index is 14.2. The van der Waals surface area contributed by atoms with Crippen molar-refractivity contribution >= 4 is 39.8 Å². The van der Waals surface area contributed by atoms with Gasteiger partial charge in [-0.3, -0.25) is 9.36 Å². The molecule has 0 N–H and O–H groups in total. The predicted molar refractivity (Wildman–Crippen MR) is 161 cm³/mol. The van der Waals surface area contributed by atoms with Gasteiger partial charge < -0.3 is 14.4 Å². The van der Waals surface area contributed by atoms with Crippen LogP contribution < -0.4 is 24.5 Å². The van der Waals surface area contributed by atoms with Gasteiger partial charge in [0.1, 0.15) is 11.8 Å². The third-order valence-electron chi connectivity index (χ3n) is 7.02. The van der Waals surface area contributed by atoms with E-state index < -0.39 is 12.0 Å². The standard InChI is InChI=1S/C32H33N3O4S/c1-6-10-24-28(31(37)39-7-2)29(27-23-12-9-8-11-21(23)15-18-25(27)38-5)35-30(36)26(40-32(35)33-24)19-20-13-16-22(17-14-20)34(3)4/h8-9,11-19,29H,6-7,10H2,1-5H3/b26-19-/t29-/m0/s1. The van der Waals surface area contributed by atoms with E-state index in [-0.39, 0.29) is 12.2 Å². The van der Waals surface area contributed by atoms with Crippen molar-refractivity contribution in [3.63, 3.8) is 0 Å². The van der Waals surface area contributed by atoms with Gasteiger partial charge in [-0.15, -0.1) is 0 Å². The number of ether oxygens (including phenoxy) is 2. The van der Waals surface area contributed by atoms with Crippen molar-refractivity contribution in [1.82, 2.24) is 4.57 Å². The van der Waals surface area contributed by atoms with Crippen molar-refractivity contribution in [2.75, 3.05) is 32.7 Å². The normalized spacial score (nSPS) is 15.1. The maximum absolute atomic E-state index is 14.2. The van der Waals surface area contributed by atoms with Gasteiger partial charge in [-0.25, -0.2) is 9.79 Å². The smallest absolute Gasteiger partial charge is 0.338 e. The molecule has 0 spiro atoms. The van der Waals surface area contributed by atoms with Crippen molar-refractivity contribution in [2.45, 2.75) is 32.7 Å². The lowest BCUT2D eigenvalue weighted by Gasteiger charge is -2.28. The van der Waals surface area contributed by atoms with Crippen LogP contribution in [-0.2, 0) is 9.53 Å². The molecule has 0 saturated heterocycles. The molecule has 206 valence electrons. The van der Waals surface area contributed by atoms with Crippen LogP contribution in [0.5, 0.6) is 5.75 Å². The number of carbonyl (C=O) groups is 1. The molecule has 40 heavy (non-hydrogen) atoms. The summed E-state index contributed by atoms with van der Waals surface area (Å²) in [6, 6.07) is 19.1. The van der Waals surface area contributed by atoms with E-state index in [0.29, 0.717) is 32.8 Å². The van der Waals surface area contributed by atoms with Crippen LogP contribution in [-0.4, -0.2) is 38.3 Å². The second kappa shape index (κ2) is 11.5. The summed E-state index contributed by atoms with van der Waals surface area (Å²) < 4.78 is 13.6. The number of rotatable bonds is 8. The summed E-state index contributed by atoms with van der Waals surface area (Å²) in [4.78, 5) is 35.2. The topological polar surface area (TPSA) is 73.1 Å². The Kier molecular flexibility index (Phi) is 7.89. The van der Waals surface area contributed by atoms with E-state index in [1.807, 2.05) is 92.7 Å². The maximum Gasteiger partial charge on any atom is 0.338 e. The monoisotopic (exact) mass is 555 g/mol. The molecule has 0 radical (unpaired) electrons. The fraction of sp³-hybridized carbons (Fsp3) is 0.281. The largest absolute Gasteiger partial charge is 0.496 e. The number of hydrogen-bond donors (Lipinski definition) is 0. The van der Waals surface area contributed by atoms with Gasteiger partial charge in [0.2, 0.25) is 0 Å². The fourth-order valence-electron chi connectivity index (χ4n) is 5.15. The summed E-state index contributed by atoms with van der Waals surface area (Å²) in [6.07, 6.45) is 3.25. The highest BCUT2D eigenvalue weighted by atomic mass is 32.1. The third-order valence-corrected chi connectivity index (χ3v) is 8.01. The summed E-state index contributed by atoms with van der Waals surface area (Å²) >= 11 is 1.33. The molecular weight excluding hydrogens is 522 g/mol. The molecule has 0 bridgehead atoms. The zero-order valence-electron chi connectivity index (χ0n) is 23.4. The van der Waals surface area contributed by atoms with Crippen LogP contribution in [0.2, 0.25) is 0 Å². The summed E-state index contributed by atoms with van der Waals surface area (Å²) in [7, 11) is 5.59. The number of anilines is 1. The van der Waals surface area contributed by atoms with Crippen LogP contribution in [0.3, 0.4) is 0 Å². The molecular formula is C32H33N3O4S. The Labute approximate surface area is 237 Å². The minimum atomic E-state index is -0.754. The number of fused-ring (bicyclic) bond motifs is 2. The number of hydrogen-bond acceptors (Lipinski definition) is 7. The first kappa shape index (κ1) is 27.4. The van der Waals surface area contributed by atoms with Crippen molar-refractivity contribution in [3.8, 4) is 5.75 Å². The van der Waals surface area contributed by atoms with Crippen LogP contribution >= 0.6 is 11.3 Å². The first-order valence-electron chi connectivity index (χ1n) is 13.4. The first-order chi connectivity index (χ1) is 19.4. The van der Waals surface area contributed by atoms with Crippen LogP contribution in [0.15, 0.2) is 81.7 Å². The fourth-order valence-corrected chi connectivity index (χ4v) is 6.17. The highest BCUT2D eigenvalue weighted by Crippen LogP contribution is 2.41. The van der Waals surface area contributed by atoms with Gasteiger partial charge in [0, 0.05) is 25.3 Å². The molecule has 0 amide bonds. The summed E-state index contributed by atoms with van der Waals surface area (Å²) in [5.74, 6) is 0.125. The second-order valence-electron chi connectivity index (χ2n) is 9.80. The van der Waals surface area contributed by atoms with Gasteiger partial charge >= 0.3 is 5.97 Å². The highest BCUT2D eigenvalue weighted by Gasteiger charge is 2.37. The van der Waals surface area contributed by atoms with Crippen molar-refractivity contribution in [3.05, 3.63) is 103 Å². The van der Waals surface area contributed by atoms with Crippen LogP contribution in [0.4, 0.5) is 5.69 Å². The molecule has 5 rings (SSSR count). The van der Waals surface area contributed by atoms with Crippen molar-refractivity contribution in [1.29, 1.82) is 0 Å². The van der Waals surface area contributed by atoms with E-state index in [0.717, 1.165) is 34.0 Å². The number of carbonyl (C=O) groups excluding carboxylic acids is 1. The molecule has 7 nitrogen and oxygen atoms in total. The molecule has 0 saturated carbocycles. The van der Waals surface area contributed by atoms with Crippen molar-refractivity contribution in [2.24, 2.45) is 4.99 Å². The van der Waals surface area contributed by atoms with Gasteiger partial charge in [0.15, 0.2) is 4.80 Å². The minimum Gasteiger partial charge on any atom is -0.496 e. The van der Waals surface area contributed by atoms with Gasteiger partial charge in [-0.1, -0.05) is 67.1 Å². The molecule has 1 aromatic heterocycles. The summed E-state index contributed by atoms with van der Waals surface area (Å²) in [5, 5.41) is 1.89. The van der Waals surface area contributed by atoms with Crippen LogP contribution in [0.1, 0.15) is 43.9 Å². The zero-order valence-corrected chi connectivity index (χ0v) is 24.2. The van der Waals surface area contributed by atoms with Gasteiger partial charge in [0.25, 0.3) is 5.56 Å². The molecule has 1 aliphatic rings. The van der Waals surface area contributed by atoms with Crippen LogP contribution in [0.25, 0.3) is 16.8 Å². The Morgan fingerprint density at radius 1 is 1.07 bits per heavy atom. The van der Waals surface area contributed by atoms with Crippen molar-refractivity contribution < 1.29 is 14.3 Å². The molecule has 0 aliphatic carbocycles. The lowest BCUT2D eigenvalue weighted by molar-refractivity contribution is -0.139. The quantitative estimate of drug-likeness (QED) is 0.292. The average Bonchev–Trinajstić information content (AvgIpc) is 3.26. The number of nitrogens with zero attached hydrogens (tertiary/aromatic N) is 3. The molecule has 4 aromatic rings. The molecule has 0 unspecified atom stereocenters. The Balaban J connectivity index is 1.83. The Bertz CT molecular complexity index is 1780. The summed E-state index contributed by atoms with van der Waals surface area (Å²) in [6.45, 7) is 4.04. The van der Waals surface area contributed by atoms with E-state index >= 15 is 0 Å². The van der Waals surface area contributed by atoms with E-state index in [9.17, 15) is 9.59 Å². The predicted octanol–water partition coefficient (Wildman–Crippen LogP) is 4.81. The Morgan fingerprint density at radius 3 is 2.50 bits per heavy atom. The second-order valence-corrected chi connectivity index (χ2v) is 10.8. The van der Waals surface area contributed by atoms with E-state index in [4.69, 9.17) is 14.5 Å². The molecule has 3 aromatic carbocycles. The highest BCUT2D eigenvalue weighted by molar-refractivity contribution is 7.07. The SMILES string of the molecule is CCCC1=C(C(=O)OCC)[C@H](c2c(OC)ccc3ccccc23)n2c(s/c(=C\c3ccc(N(C)C)cc3)c2=O)=N1. The number of aromatic nitrogens is 1. The third kappa shape index (κ3) is 4.95. The number of esters is 1. The molecule has 1 aliphatic heterocycles. The molecule has 2 heterocycles. The lowest BCUT2D eigenvalue weighted by Crippen LogP contribution is -2.40. The summed E-state index contributed by atoms with van der Waals surface area (Å²) in [5.41, 5.74) is 3.54. The molecule has 8 heteroatoms. The molecule has 0 fully saturated rings. The molecule has 1 atom stereocenters. The van der Waals surface area contributed by atoms with Gasteiger partial charge in [0.05, 0.1) is 29.5 Å². The number of allylic oxidation sites excluding steroid dienone is 1. The van der Waals surface area contributed by atoms with Gasteiger partial charge in [-0.05, 0) is 54.0 Å². The number of methoxy groups -OCH3 is 1. The number of benzene rings is 3. The zero-order chi connectivity index (χ0) is 28.4. The first-order valence-corrected chi connectivity index (χ1v) is 14.2. The van der Waals surface area contributed by atoms with Crippen LogP contribution in [0, 0.1) is 0 Å². The number of thiazole rings is 1. The average molecular weight is 556 g/mol. The van der Waals surface area contributed by atoms with E-state index in [1.54, 1.807) is 18.6 Å². The van der Waals surface area contributed by atoms with Gasteiger partial charge in [-0.2, -0.15) is 0 Å².